The van der Waals surface area contributed by atoms with Gasteiger partial charge >= 0.3 is 5.97 Å². The van der Waals surface area contributed by atoms with E-state index in [4.69, 9.17) is 10.4 Å². The second-order valence-corrected chi connectivity index (χ2v) is 4.24. The molecule has 0 aliphatic carbocycles. The largest absolute Gasteiger partial charge is 0.480 e. The van der Waals surface area contributed by atoms with Gasteiger partial charge in [-0.3, -0.25) is 4.79 Å². The number of β-amino-alcohol motifs (C(OH)–C–C–N with tert-alkyl or cyclic N) is 1. The Labute approximate surface area is 108 Å². The number of hydrogen-bond acceptors (Lipinski definition) is 5. The minimum Gasteiger partial charge on any atom is -0.480 e. The van der Waals surface area contributed by atoms with Gasteiger partial charge in [-0.05, 0) is 12.1 Å². The Balaban J connectivity index is 2.22. The lowest BCUT2D eigenvalue weighted by molar-refractivity contribution is -0.141. The summed E-state index contributed by atoms with van der Waals surface area (Å²) in [5, 5.41) is 27.1. The van der Waals surface area contributed by atoms with E-state index >= 15 is 0 Å². The van der Waals surface area contributed by atoms with Gasteiger partial charge in [-0.2, -0.15) is 5.26 Å². The third-order valence-electron chi connectivity index (χ3n) is 2.94. The number of aliphatic hydroxyl groups is 1. The summed E-state index contributed by atoms with van der Waals surface area (Å²) in [7, 11) is 0. The first-order valence-corrected chi connectivity index (χ1v) is 5.61. The first-order chi connectivity index (χ1) is 9.02. The zero-order chi connectivity index (χ0) is 14.0. The molecule has 7 nitrogen and oxygen atoms in total. The van der Waals surface area contributed by atoms with Crippen molar-refractivity contribution in [3.63, 3.8) is 0 Å². The van der Waals surface area contributed by atoms with Gasteiger partial charge in [0.1, 0.15) is 17.8 Å². The topological polar surface area (TPSA) is 115 Å². The fourth-order valence-electron chi connectivity index (χ4n) is 2.01. The number of pyridine rings is 1. The molecule has 0 aromatic carbocycles. The molecule has 0 bridgehead atoms. The maximum atomic E-state index is 12.1. The molecule has 19 heavy (non-hydrogen) atoms. The van der Waals surface area contributed by atoms with Gasteiger partial charge in [0.25, 0.3) is 5.91 Å². The SMILES string of the molecule is N#Cc1ccc(C(=O)N2C[C@@H](O)C[C@H]2C(=O)O)nc1. The number of nitrogens with zero attached hydrogens (tertiary/aromatic N) is 3. The van der Waals surface area contributed by atoms with E-state index in [1.807, 2.05) is 6.07 Å². The van der Waals surface area contributed by atoms with Crippen LogP contribution in [0.2, 0.25) is 0 Å². The summed E-state index contributed by atoms with van der Waals surface area (Å²) >= 11 is 0. The smallest absolute Gasteiger partial charge is 0.326 e. The number of likely N-dealkylation sites (tertiary alicyclic amines) is 1. The summed E-state index contributed by atoms with van der Waals surface area (Å²) in [4.78, 5) is 28.0. The third-order valence-corrected chi connectivity index (χ3v) is 2.94. The minimum absolute atomic E-state index is 0.0113. The van der Waals surface area contributed by atoms with Gasteiger partial charge in [0.15, 0.2) is 0 Å². The van der Waals surface area contributed by atoms with Crippen LogP contribution in [0, 0.1) is 11.3 Å². The normalized spacial score (nSPS) is 22.0. The Hall–Kier alpha value is -2.46. The average molecular weight is 261 g/mol. The van der Waals surface area contributed by atoms with Crippen LogP contribution in [0.1, 0.15) is 22.5 Å². The number of aromatic nitrogens is 1. The van der Waals surface area contributed by atoms with E-state index in [1.165, 1.54) is 18.3 Å². The van der Waals surface area contributed by atoms with Gasteiger partial charge < -0.3 is 15.1 Å². The number of carbonyl (C=O) groups excluding carboxylic acids is 1. The van der Waals surface area contributed by atoms with Gasteiger partial charge in [-0.15, -0.1) is 0 Å². The molecule has 1 amide bonds. The van der Waals surface area contributed by atoms with Crippen LogP contribution in [0.5, 0.6) is 0 Å². The Morgan fingerprint density at radius 2 is 2.21 bits per heavy atom. The maximum Gasteiger partial charge on any atom is 0.326 e. The number of hydrogen-bond donors (Lipinski definition) is 2. The number of aliphatic hydroxyl groups excluding tert-OH is 1. The number of nitriles is 1. The van der Waals surface area contributed by atoms with E-state index in [-0.39, 0.29) is 18.7 Å². The molecule has 98 valence electrons. The van der Waals surface area contributed by atoms with Gasteiger partial charge in [0.05, 0.1) is 11.7 Å². The maximum absolute atomic E-state index is 12.1. The number of carboxylic acids is 1. The average Bonchev–Trinajstić information content (AvgIpc) is 2.80. The highest BCUT2D eigenvalue weighted by Crippen LogP contribution is 2.20. The van der Waals surface area contributed by atoms with Crippen molar-refractivity contribution in [3.8, 4) is 6.07 Å². The molecule has 0 saturated carbocycles. The molecule has 7 heteroatoms. The predicted octanol–water partition coefficient (Wildman–Crippen LogP) is -0.387. The van der Waals surface area contributed by atoms with Crippen LogP contribution in [-0.4, -0.2) is 50.7 Å². The molecule has 2 atom stereocenters. The van der Waals surface area contributed by atoms with Crippen molar-refractivity contribution in [2.75, 3.05) is 6.54 Å². The second-order valence-electron chi connectivity index (χ2n) is 4.24. The lowest BCUT2D eigenvalue weighted by Gasteiger charge is -2.20. The molecule has 1 aromatic heterocycles. The summed E-state index contributed by atoms with van der Waals surface area (Å²) in [5.74, 6) is -1.72. The number of aliphatic carboxylic acids is 1. The van der Waals surface area contributed by atoms with E-state index in [0.717, 1.165) is 4.90 Å². The number of carboxylic acid groups (broad SMARTS) is 1. The third kappa shape index (κ3) is 2.53. The summed E-state index contributed by atoms with van der Waals surface area (Å²) in [6, 6.07) is 3.63. The Morgan fingerprint density at radius 3 is 2.74 bits per heavy atom. The first-order valence-electron chi connectivity index (χ1n) is 5.61. The Morgan fingerprint density at radius 1 is 1.47 bits per heavy atom. The number of amides is 1. The Kier molecular flexibility index (Phi) is 3.44. The molecular weight excluding hydrogens is 250 g/mol. The summed E-state index contributed by atoms with van der Waals surface area (Å²) in [6.45, 7) is -0.0303. The molecule has 1 fully saturated rings. The van der Waals surface area contributed by atoms with Gasteiger partial charge in [-0.1, -0.05) is 0 Å². The zero-order valence-electron chi connectivity index (χ0n) is 9.85. The van der Waals surface area contributed by atoms with Crippen LogP contribution in [-0.2, 0) is 4.79 Å². The van der Waals surface area contributed by atoms with Crippen molar-refractivity contribution in [2.45, 2.75) is 18.6 Å². The zero-order valence-corrected chi connectivity index (χ0v) is 9.85. The standard InChI is InChI=1S/C12H11N3O4/c13-4-7-1-2-9(14-5-7)11(17)15-6-8(16)3-10(15)12(18)19/h1-2,5,8,10,16H,3,6H2,(H,18,19)/t8-,10-/m0/s1. The summed E-state index contributed by atoms with van der Waals surface area (Å²) in [5.41, 5.74) is 0.368. The molecule has 2 rings (SSSR count). The second kappa shape index (κ2) is 5.04. The molecule has 1 saturated heterocycles. The summed E-state index contributed by atoms with van der Waals surface area (Å²) < 4.78 is 0. The fourth-order valence-corrected chi connectivity index (χ4v) is 2.01. The number of rotatable bonds is 2. The molecule has 0 unspecified atom stereocenters. The van der Waals surface area contributed by atoms with Crippen LogP contribution >= 0.6 is 0 Å². The minimum atomic E-state index is -1.15. The highest BCUT2D eigenvalue weighted by molar-refractivity contribution is 5.95. The van der Waals surface area contributed by atoms with Crippen molar-refractivity contribution >= 4 is 11.9 Å². The van der Waals surface area contributed by atoms with Crippen molar-refractivity contribution in [3.05, 3.63) is 29.6 Å². The van der Waals surface area contributed by atoms with Crippen molar-refractivity contribution in [1.29, 1.82) is 5.26 Å². The lowest BCUT2D eigenvalue weighted by Crippen LogP contribution is -2.40. The molecule has 1 aliphatic heterocycles. The van der Waals surface area contributed by atoms with E-state index in [9.17, 15) is 14.7 Å². The fraction of sp³-hybridized carbons (Fsp3) is 0.333. The molecule has 0 radical (unpaired) electrons. The molecule has 1 aromatic rings. The quantitative estimate of drug-likeness (QED) is 0.749. The van der Waals surface area contributed by atoms with Crippen LogP contribution in [0.3, 0.4) is 0 Å². The highest BCUT2D eigenvalue weighted by atomic mass is 16.4. The van der Waals surface area contributed by atoms with Gasteiger partial charge in [0, 0.05) is 19.2 Å². The van der Waals surface area contributed by atoms with Crippen molar-refractivity contribution in [2.24, 2.45) is 0 Å². The van der Waals surface area contributed by atoms with Gasteiger partial charge in [0.2, 0.25) is 0 Å². The molecule has 2 heterocycles. The van der Waals surface area contributed by atoms with Crippen LogP contribution in [0.4, 0.5) is 0 Å². The van der Waals surface area contributed by atoms with Gasteiger partial charge in [-0.25, -0.2) is 9.78 Å². The predicted molar refractivity (Wildman–Crippen MR) is 62.0 cm³/mol. The van der Waals surface area contributed by atoms with Crippen molar-refractivity contribution < 1.29 is 19.8 Å². The van der Waals surface area contributed by atoms with E-state index < -0.39 is 24.0 Å². The Bertz CT molecular complexity index is 549. The molecular formula is C12H11N3O4. The van der Waals surface area contributed by atoms with Crippen LogP contribution in [0.15, 0.2) is 18.3 Å². The van der Waals surface area contributed by atoms with E-state index in [0.29, 0.717) is 5.56 Å². The van der Waals surface area contributed by atoms with Crippen LogP contribution < -0.4 is 0 Å². The van der Waals surface area contributed by atoms with E-state index in [1.54, 1.807) is 0 Å². The molecule has 0 spiro atoms. The highest BCUT2D eigenvalue weighted by Gasteiger charge is 2.39. The lowest BCUT2D eigenvalue weighted by atomic mass is 10.2. The monoisotopic (exact) mass is 261 g/mol. The van der Waals surface area contributed by atoms with Crippen molar-refractivity contribution in [1.82, 2.24) is 9.88 Å². The van der Waals surface area contributed by atoms with Crippen LogP contribution in [0.25, 0.3) is 0 Å². The van der Waals surface area contributed by atoms with E-state index in [2.05, 4.69) is 4.98 Å². The molecule has 1 aliphatic rings. The first kappa shape index (κ1) is 13.0. The summed E-state index contributed by atoms with van der Waals surface area (Å²) in [6.07, 6.45) is 0.413. The molecule has 2 N–H and O–H groups in total. The number of carbonyl (C=O) groups is 2.